The molecule has 0 fully saturated rings. The van der Waals surface area contributed by atoms with Gasteiger partial charge in [0.15, 0.2) is 0 Å². The summed E-state index contributed by atoms with van der Waals surface area (Å²) in [5.74, 6) is 0. The zero-order chi connectivity index (χ0) is 4.50. The van der Waals surface area contributed by atoms with E-state index in [1.165, 1.54) is 0 Å². The zero-order valence-corrected chi connectivity index (χ0v) is 8.02. The maximum absolute atomic E-state index is 8.58. The van der Waals surface area contributed by atoms with Gasteiger partial charge in [0.1, 0.15) is 0 Å². The van der Waals surface area contributed by atoms with Crippen LogP contribution in [0, 0.1) is 41.7 Å². The molecule has 0 saturated carbocycles. The van der Waals surface area contributed by atoms with E-state index in [2.05, 4.69) is 0 Å². The molecule has 0 heterocycles. The van der Waals surface area contributed by atoms with E-state index in [-0.39, 0.29) is 58.8 Å². The molecule has 4 nitrogen and oxygen atoms in total. The van der Waals surface area contributed by atoms with Gasteiger partial charge in [-0.25, -0.2) is 0 Å². The van der Waals surface area contributed by atoms with E-state index in [9.17, 15) is 0 Å². The van der Waals surface area contributed by atoms with E-state index in [4.69, 9.17) is 19.2 Å². The van der Waals surface area contributed by atoms with E-state index >= 15 is 0 Å². The van der Waals surface area contributed by atoms with Crippen molar-refractivity contribution in [3.05, 3.63) is 0 Å². The molecule has 0 N–H and O–H groups in total. The van der Waals surface area contributed by atoms with Crippen LogP contribution in [0.1, 0.15) is 0 Å². The monoisotopic (exact) mass is 295 g/mol. The third kappa shape index (κ3) is 73.9. The molecule has 0 spiro atoms. The van der Waals surface area contributed by atoms with Gasteiger partial charge in [0.2, 0.25) is 0 Å². The van der Waals surface area contributed by atoms with Crippen LogP contribution in [-0.4, -0.2) is 9.05 Å². The van der Waals surface area contributed by atoms with Crippen LogP contribution < -0.4 is 19.2 Å². The van der Waals surface area contributed by atoms with Crippen molar-refractivity contribution in [2.75, 3.05) is 0 Å². The second-order valence-corrected chi connectivity index (χ2v) is 1.50. The molecular formula is CeCuO4Si+. The van der Waals surface area contributed by atoms with Crippen LogP contribution in [0.3, 0.4) is 0 Å². The Kier molecular flexibility index (Phi) is 13.9. The Bertz CT molecular complexity index is 27.2. The first-order chi connectivity index (χ1) is 2.00. The van der Waals surface area contributed by atoms with Crippen molar-refractivity contribution in [1.82, 2.24) is 0 Å². The fourth-order valence-electron chi connectivity index (χ4n) is 0. The fourth-order valence-corrected chi connectivity index (χ4v) is 0. The third-order valence-corrected chi connectivity index (χ3v) is 0. The Morgan fingerprint density at radius 3 is 0.857 bits per heavy atom. The molecular weight excluding hydrogens is 296 g/mol. The summed E-state index contributed by atoms with van der Waals surface area (Å²) in [4.78, 5) is 34.3. The molecule has 0 aromatic carbocycles. The van der Waals surface area contributed by atoms with E-state index in [0.717, 1.165) is 0 Å². The van der Waals surface area contributed by atoms with Gasteiger partial charge in [0.05, 0.1) is 0 Å². The van der Waals surface area contributed by atoms with Gasteiger partial charge in [-0.15, -0.1) is 0 Å². The number of rotatable bonds is 0. The molecule has 0 saturated heterocycles. The van der Waals surface area contributed by atoms with Crippen molar-refractivity contribution in [3.8, 4) is 0 Å². The summed E-state index contributed by atoms with van der Waals surface area (Å²) in [6, 6.07) is 0. The first-order valence-corrected chi connectivity index (χ1v) is 2.45. The second kappa shape index (κ2) is 6.08. The van der Waals surface area contributed by atoms with Crippen molar-refractivity contribution in [2.45, 2.75) is 0 Å². The van der Waals surface area contributed by atoms with Crippen molar-refractivity contribution in [2.24, 2.45) is 0 Å². The summed E-state index contributed by atoms with van der Waals surface area (Å²) in [7, 11) is -5.61. The molecule has 0 aliphatic rings. The minimum atomic E-state index is -5.61. The fraction of sp³-hybridized carbons (Fsp3) is 0. The van der Waals surface area contributed by atoms with E-state index in [1.54, 1.807) is 0 Å². The first-order valence-electron chi connectivity index (χ1n) is 0.816. The Labute approximate surface area is 85.9 Å². The van der Waals surface area contributed by atoms with Gasteiger partial charge in [-0.05, 0) is 0 Å². The molecule has 0 aromatic rings. The molecule has 2 radical (unpaired) electrons. The molecule has 0 rings (SSSR count). The summed E-state index contributed by atoms with van der Waals surface area (Å²) < 4.78 is 0. The quantitative estimate of drug-likeness (QED) is 0.418. The van der Waals surface area contributed by atoms with Crippen LogP contribution in [0.2, 0.25) is 0 Å². The maximum Gasteiger partial charge on any atom is 3.00 e. The number of hydrogen-bond donors (Lipinski definition) is 0. The topological polar surface area (TPSA) is 92.2 Å². The molecule has 0 aliphatic carbocycles. The third-order valence-electron chi connectivity index (χ3n) is 0. The average Bonchev–Trinajstić information content (AvgIpc) is 0.722. The summed E-state index contributed by atoms with van der Waals surface area (Å²) in [5.41, 5.74) is 0. The van der Waals surface area contributed by atoms with Crippen LogP contribution in [0.4, 0.5) is 0 Å². The molecule has 42 valence electrons. The van der Waals surface area contributed by atoms with Gasteiger partial charge in [0, 0.05) is 0 Å². The zero-order valence-electron chi connectivity index (χ0n) is 2.93. The van der Waals surface area contributed by atoms with Crippen LogP contribution >= 0.6 is 0 Å². The molecule has 7 heavy (non-hydrogen) atoms. The smallest absolute Gasteiger partial charge is 0.894 e. The van der Waals surface area contributed by atoms with E-state index in [1.807, 2.05) is 0 Å². The van der Waals surface area contributed by atoms with Gasteiger partial charge in [-0.3, -0.25) is 0 Å². The van der Waals surface area contributed by atoms with Crippen LogP contribution in [0.25, 0.3) is 0 Å². The van der Waals surface area contributed by atoms with Gasteiger partial charge in [-0.2, -0.15) is 0 Å². The van der Waals surface area contributed by atoms with Crippen molar-refractivity contribution < 1.29 is 78.0 Å². The summed E-state index contributed by atoms with van der Waals surface area (Å²) >= 11 is 0. The number of hydrogen-bond acceptors (Lipinski definition) is 4. The molecule has 0 unspecified atom stereocenters. The predicted molar refractivity (Wildman–Crippen MR) is 5.75 cm³/mol. The Morgan fingerprint density at radius 2 is 0.857 bits per heavy atom. The Hall–Kier alpha value is 1.95. The van der Waals surface area contributed by atoms with Crippen molar-refractivity contribution >= 4 is 9.05 Å². The van der Waals surface area contributed by atoms with Crippen molar-refractivity contribution in [3.63, 3.8) is 0 Å². The molecule has 7 heteroatoms. The molecule has 0 aliphatic heterocycles. The summed E-state index contributed by atoms with van der Waals surface area (Å²) in [6.07, 6.45) is 0. The normalized spacial score (nSPS) is 8.57. The van der Waals surface area contributed by atoms with Crippen LogP contribution in [-0.2, 0) is 17.1 Å². The molecule has 0 bridgehead atoms. The van der Waals surface area contributed by atoms with Gasteiger partial charge in [-0.1, -0.05) is 0 Å². The Balaban J connectivity index is -0.0000000800. The van der Waals surface area contributed by atoms with E-state index < -0.39 is 9.05 Å². The van der Waals surface area contributed by atoms with Gasteiger partial charge < -0.3 is 28.2 Å². The predicted octanol–water partition coefficient (Wildman–Crippen LogP) is -5.14. The summed E-state index contributed by atoms with van der Waals surface area (Å²) in [6.45, 7) is 0. The summed E-state index contributed by atoms with van der Waals surface area (Å²) in [5, 5.41) is 0. The maximum atomic E-state index is 8.58. The van der Waals surface area contributed by atoms with Crippen molar-refractivity contribution in [1.29, 1.82) is 0 Å². The molecule has 0 aromatic heterocycles. The van der Waals surface area contributed by atoms with Gasteiger partial charge >= 0.3 is 58.8 Å². The van der Waals surface area contributed by atoms with Gasteiger partial charge in [0.25, 0.3) is 0 Å². The second-order valence-electron chi connectivity index (χ2n) is 0.500. The average molecular weight is 296 g/mol. The van der Waals surface area contributed by atoms with E-state index in [0.29, 0.717) is 0 Å². The van der Waals surface area contributed by atoms with Crippen LogP contribution in [0.5, 0.6) is 0 Å². The van der Waals surface area contributed by atoms with Crippen LogP contribution in [0.15, 0.2) is 0 Å². The minimum Gasteiger partial charge on any atom is -0.894 e. The first kappa shape index (κ1) is 16.0. The molecule has 0 atom stereocenters. The SMILES string of the molecule is [Ce+3].[Cu+2].[O-][Si]([O-])([O-])[O-]. The Morgan fingerprint density at radius 1 is 0.857 bits per heavy atom. The minimum absolute atomic E-state index is 0. The largest absolute Gasteiger partial charge is 3.00 e. The standard InChI is InChI=1S/Ce.Cu.O4Si/c;;1-5(2,3)4/q+3;+2;-4. The molecule has 0 amide bonds.